The van der Waals surface area contributed by atoms with Crippen molar-refractivity contribution in [3.8, 4) is 11.4 Å². The minimum absolute atomic E-state index is 0.161. The molecule has 0 spiro atoms. The Morgan fingerprint density at radius 3 is 2.46 bits per heavy atom. The zero-order valence-electron chi connectivity index (χ0n) is 15.7. The largest absolute Gasteiger partial charge is 0.497 e. The lowest BCUT2D eigenvalue weighted by molar-refractivity contribution is -0.120. The van der Waals surface area contributed by atoms with Crippen LogP contribution >= 0.6 is 11.8 Å². The Kier molecular flexibility index (Phi) is 6.25. The van der Waals surface area contributed by atoms with E-state index in [0.717, 1.165) is 17.0 Å². The SMILES string of the molecule is COc1ccc(-n2nnnc2S[C@@H](C)C(=O)N[C@@H](C)c2ccc(F)cc2)cc1. The van der Waals surface area contributed by atoms with Crippen molar-refractivity contribution in [2.75, 3.05) is 7.11 Å². The molecule has 0 fully saturated rings. The molecule has 0 aliphatic rings. The first-order chi connectivity index (χ1) is 13.5. The number of methoxy groups -OCH3 is 1. The number of hydrogen-bond acceptors (Lipinski definition) is 6. The number of ether oxygens (including phenoxy) is 1. The van der Waals surface area contributed by atoms with Gasteiger partial charge in [-0.2, -0.15) is 4.68 Å². The fraction of sp³-hybridized carbons (Fsp3) is 0.263. The third kappa shape index (κ3) is 4.66. The summed E-state index contributed by atoms with van der Waals surface area (Å²) < 4.78 is 19.8. The smallest absolute Gasteiger partial charge is 0.233 e. The highest BCUT2D eigenvalue weighted by Crippen LogP contribution is 2.24. The molecular formula is C19H20FN5O2S. The van der Waals surface area contributed by atoms with Gasteiger partial charge in [-0.15, -0.1) is 5.10 Å². The fourth-order valence-electron chi connectivity index (χ4n) is 2.52. The van der Waals surface area contributed by atoms with Gasteiger partial charge in [0.2, 0.25) is 11.1 Å². The number of amides is 1. The van der Waals surface area contributed by atoms with E-state index >= 15 is 0 Å². The van der Waals surface area contributed by atoms with Crippen molar-refractivity contribution in [3.05, 3.63) is 59.9 Å². The summed E-state index contributed by atoms with van der Waals surface area (Å²) in [5.74, 6) is 0.260. The molecule has 0 saturated carbocycles. The maximum absolute atomic E-state index is 13.1. The standard InChI is InChI=1S/C19H20FN5O2S/c1-12(14-4-6-15(20)7-5-14)21-18(26)13(2)28-19-22-23-24-25(19)16-8-10-17(27-3)11-9-16/h4-13H,1-3H3,(H,21,26)/t12-,13-/m0/s1. The first kappa shape index (κ1) is 19.8. The van der Waals surface area contributed by atoms with E-state index in [4.69, 9.17) is 4.74 Å². The lowest BCUT2D eigenvalue weighted by Crippen LogP contribution is -2.33. The molecule has 0 aliphatic heterocycles. The molecule has 9 heteroatoms. The van der Waals surface area contributed by atoms with Crippen molar-refractivity contribution < 1.29 is 13.9 Å². The van der Waals surface area contributed by atoms with Gasteiger partial charge in [-0.1, -0.05) is 23.9 Å². The number of carbonyl (C=O) groups excluding carboxylic acids is 1. The molecular weight excluding hydrogens is 381 g/mol. The van der Waals surface area contributed by atoms with Crippen molar-refractivity contribution >= 4 is 17.7 Å². The van der Waals surface area contributed by atoms with Gasteiger partial charge in [-0.05, 0) is 66.2 Å². The van der Waals surface area contributed by atoms with E-state index < -0.39 is 5.25 Å². The lowest BCUT2D eigenvalue weighted by atomic mass is 10.1. The van der Waals surface area contributed by atoms with Crippen LogP contribution in [0.25, 0.3) is 5.69 Å². The van der Waals surface area contributed by atoms with Gasteiger partial charge in [0.25, 0.3) is 0 Å². The molecule has 0 aliphatic carbocycles. The highest BCUT2D eigenvalue weighted by Gasteiger charge is 2.21. The Morgan fingerprint density at radius 1 is 1.14 bits per heavy atom. The molecule has 1 aromatic heterocycles. The van der Waals surface area contributed by atoms with Crippen LogP contribution in [0.3, 0.4) is 0 Å². The summed E-state index contributed by atoms with van der Waals surface area (Å²) in [5, 5.41) is 14.7. The maximum atomic E-state index is 13.1. The van der Waals surface area contributed by atoms with Crippen LogP contribution in [0.15, 0.2) is 53.7 Å². The van der Waals surface area contributed by atoms with Crippen molar-refractivity contribution in [1.29, 1.82) is 0 Å². The van der Waals surface area contributed by atoms with Crippen molar-refractivity contribution in [2.45, 2.75) is 30.3 Å². The number of nitrogens with zero attached hydrogens (tertiary/aromatic N) is 4. The Morgan fingerprint density at radius 2 is 1.82 bits per heavy atom. The van der Waals surface area contributed by atoms with Crippen molar-refractivity contribution in [1.82, 2.24) is 25.5 Å². The van der Waals surface area contributed by atoms with E-state index in [9.17, 15) is 9.18 Å². The number of halogens is 1. The van der Waals surface area contributed by atoms with E-state index in [1.807, 2.05) is 31.2 Å². The zero-order chi connectivity index (χ0) is 20.1. The molecule has 146 valence electrons. The number of thioether (sulfide) groups is 1. The quantitative estimate of drug-likeness (QED) is 0.613. The molecule has 0 radical (unpaired) electrons. The molecule has 1 heterocycles. The van der Waals surface area contributed by atoms with E-state index in [2.05, 4.69) is 20.8 Å². The normalized spacial score (nSPS) is 13.0. The average molecular weight is 401 g/mol. The molecule has 3 aromatic rings. The molecule has 0 unspecified atom stereocenters. The van der Waals surface area contributed by atoms with Crippen molar-refractivity contribution in [2.24, 2.45) is 0 Å². The molecule has 0 bridgehead atoms. The number of hydrogen-bond donors (Lipinski definition) is 1. The third-order valence-electron chi connectivity index (χ3n) is 4.14. The highest BCUT2D eigenvalue weighted by molar-refractivity contribution is 8.00. The second-order valence-electron chi connectivity index (χ2n) is 6.11. The van der Waals surface area contributed by atoms with E-state index in [0.29, 0.717) is 5.16 Å². The van der Waals surface area contributed by atoms with Crippen LogP contribution in [-0.4, -0.2) is 38.5 Å². The first-order valence-electron chi connectivity index (χ1n) is 8.63. The fourth-order valence-corrected chi connectivity index (χ4v) is 3.33. The molecule has 1 amide bonds. The third-order valence-corrected chi connectivity index (χ3v) is 5.17. The average Bonchev–Trinajstić information content (AvgIpc) is 3.16. The molecule has 2 aromatic carbocycles. The van der Waals surface area contributed by atoms with E-state index in [-0.39, 0.29) is 17.8 Å². The summed E-state index contributed by atoms with van der Waals surface area (Å²) >= 11 is 1.25. The van der Waals surface area contributed by atoms with Crippen molar-refractivity contribution in [3.63, 3.8) is 0 Å². The highest BCUT2D eigenvalue weighted by atomic mass is 32.2. The minimum atomic E-state index is -0.425. The number of rotatable bonds is 7. The topological polar surface area (TPSA) is 81.9 Å². The second kappa shape index (κ2) is 8.83. The summed E-state index contributed by atoms with van der Waals surface area (Å²) in [6, 6.07) is 13.1. The Labute approximate surface area is 166 Å². The first-order valence-corrected chi connectivity index (χ1v) is 9.51. The van der Waals surface area contributed by atoms with Crippen LogP contribution in [0.5, 0.6) is 5.75 Å². The Hall–Kier alpha value is -2.94. The van der Waals surface area contributed by atoms with Gasteiger partial charge in [0.1, 0.15) is 11.6 Å². The van der Waals surface area contributed by atoms with Gasteiger partial charge in [-0.3, -0.25) is 4.79 Å². The van der Waals surface area contributed by atoms with Gasteiger partial charge in [0, 0.05) is 0 Å². The van der Waals surface area contributed by atoms with Gasteiger partial charge in [-0.25, -0.2) is 4.39 Å². The Balaban J connectivity index is 1.65. The summed E-state index contributed by atoms with van der Waals surface area (Å²) in [7, 11) is 1.60. The predicted octanol–water partition coefficient (Wildman–Crippen LogP) is 3.17. The molecule has 3 rings (SSSR count). The summed E-state index contributed by atoms with van der Waals surface area (Å²) in [4.78, 5) is 12.6. The minimum Gasteiger partial charge on any atom is -0.497 e. The van der Waals surface area contributed by atoms with Gasteiger partial charge < -0.3 is 10.1 Å². The summed E-state index contributed by atoms with van der Waals surface area (Å²) in [6.45, 7) is 3.63. The van der Waals surface area contributed by atoms with Gasteiger partial charge in [0.15, 0.2) is 0 Å². The molecule has 2 atom stereocenters. The number of nitrogens with one attached hydrogen (secondary N) is 1. The molecule has 7 nitrogen and oxygen atoms in total. The van der Waals surface area contributed by atoms with Crippen LogP contribution in [-0.2, 0) is 4.79 Å². The molecule has 1 N–H and O–H groups in total. The molecule has 28 heavy (non-hydrogen) atoms. The maximum Gasteiger partial charge on any atom is 0.233 e. The van der Waals surface area contributed by atoms with Gasteiger partial charge >= 0.3 is 0 Å². The number of carbonyl (C=O) groups is 1. The Bertz CT molecular complexity index is 930. The number of benzene rings is 2. The van der Waals surface area contributed by atoms with Crippen LogP contribution in [0.4, 0.5) is 4.39 Å². The van der Waals surface area contributed by atoms with E-state index in [1.165, 1.54) is 23.9 Å². The van der Waals surface area contributed by atoms with Crippen LogP contribution in [0.2, 0.25) is 0 Å². The number of aromatic nitrogens is 4. The van der Waals surface area contributed by atoms with Crippen LogP contribution in [0.1, 0.15) is 25.5 Å². The van der Waals surface area contributed by atoms with Crippen LogP contribution < -0.4 is 10.1 Å². The zero-order valence-corrected chi connectivity index (χ0v) is 16.5. The lowest BCUT2D eigenvalue weighted by Gasteiger charge is -2.17. The summed E-state index contributed by atoms with van der Waals surface area (Å²) in [5.41, 5.74) is 1.59. The monoisotopic (exact) mass is 401 g/mol. The number of tetrazole rings is 1. The second-order valence-corrected chi connectivity index (χ2v) is 7.42. The predicted molar refractivity (Wildman–Crippen MR) is 104 cm³/mol. The molecule has 0 saturated heterocycles. The summed E-state index contributed by atoms with van der Waals surface area (Å²) in [6.07, 6.45) is 0. The van der Waals surface area contributed by atoms with Crippen LogP contribution in [0, 0.1) is 5.82 Å². The van der Waals surface area contributed by atoms with E-state index in [1.54, 1.807) is 30.8 Å². The van der Waals surface area contributed by atoms with Gasteiger partial charge in [0.05, 0.1) is 24.1 Å².